The van der Waals surface area contributed by atoms with Gasteiger partial charge in [0.2, 0.25) is 16.2 Å². The zero-order valence-corrected chi connectivity index (χ0v) is 11.1. The molecule has 10 heteroatoms. The number of carbonyl (C=O) groups excluding carboxylic acids is 1. The first kappa shape index (κ1) is 17.1. The highest BCUT2D eigenvalue weighted by atomic mass is 32.2. The fourth-order valence-corrected chi connectivity index (χ4v) is 1.95. The number of hydrogen-bond donors (Lipinski definition) is 2. The molecule has 0 radical (unpaired) electrons. The van der Waals surface area contributed by atoms with Gasteiger partial charge in [0.25, 0.3) is 0 Å². The van der Waals surface area contributed by atoms with Crippen molar-refractivity contribution in [3.63, 3.8) is 0 Å². The zero-order chi connectivity index (χ0) is 16.2. The topological polar surface area (TPSA) is 89.3 Å². The third-order valence-electron chi connectivity index (χ3n) is 2.43. The molecule has 116 valence electrons. The summed E-state index contributed by atoms with van der Waals surface area (Å²) in [5, 5.41) is 2.10. The number of amides is 1. The molecule has 0 aliphatic heterocycles. The lowest BCUT2D eigenvalue weighted by molar-refractivity contribution is -0.159. The molecule has 0 heterocycles. The molecule has 0 bridgehead atoms. The number of benzene rings is 1. The summed E-state index contributed by atoms with van der Waals surface area (Å²) < 4.78 is 72.7. The van der Waals surface area contributed by atoms with Crippen LogP contribution in [0.4, 0.5) is 17.6 Å². The molecule has 1 amide bonds. The SMILES string of the molecule is NC(=O)[C@H](C=S(=O)=O)N[C@@H](c1ccc(F)cc1)C(F)(F)F. The standard InChI is InChI=1S/C11H10F4N2O3S/c12-7-3-1-6(2-4-7)9(11(13,14)15)17-8(10(16)18)5-21(19)20/h1-5,8-9,17H,(H2,16,18)/t8-,9-/m0/s1. The number of primary amides is 1. The summed E-state index contributed by atoms with van der Waals surface area (Å²) in [6.07, 6.45) is -4.84. The maximum Gasteiger partial charge on any atom is 0.407 e. The van der Waals surface area contributed by atoms with Gasteiger partial charge in [0.15, 0.2) is 0 Å². The van der Waals surface area contributed by atoms with E-state index in [0.29, 0.717) is 5.37 Å². The van der Waals surface area contributed by atoms with E-state index in [-0.39, 0.29) is 5.56 Å². The smallest absolute Gasteiger partial charge is 0.368 e. The predicted molar refractivity (Wildman–Crippen MR) is 66.3 cm³/mol. The minimum absolute atomic E-state index is 0.310. The fraction of sp³-hybridized carbons (Fsp3) is 0.273. The van der Waals surface area contributed by atoms with Crippen LogP contribution in [0.5, 0.6) is 0 Å². The van der Waals surface area contributed by atoms with Crippen LogP contribution in [0, 0.1) is 5.82 Å². The van der Waals surface area contributed by atoms with Crippen LogP contribution in [0.3, 0.4) is 0 Å². The molecule has 0 saturated heterocycles. The largest absolute Gasteiger partial charge is 0.407 e. The maximum atomic E-state index is 13.0. The number of rotatable bonds is 5. The van der Waals surface area contributed by atoms with Crippen molar-refractivity contribution in [1.29, 1.82) is 0 Å². The normalized spacial score (nSPS) is 14.3. The van der Waals surface area contributed by atoms with Crippen molar-refractivity contribution in [3.8, 4) is 0 Å². The average molecular weight is 326 g/mol. The van der Waals surface area contributed by atoms with Gasteiger partial charge in [0.1, 0.15) is 17.9 Å². The summed E-state index contributed by atoms with van der Waals surface area (Å²) in [6, 6.07) is -0.871. The maximum absolute atomic E-state index is 13.0. The molecule has 0 fully saturated rings. The second-order valence-electron chi connectivity index (χ2n) is 3.97. The summed E-state index contributed by atoms with van der Waals surface area (Å²) in [5.74, 6) is -2.03. The molecule has 0 unspecified atom stereocenters. The van der Waals surface area contributed by atoms with E-state index in [1.165, 1.54) is 0 Å². The van der Waals surface area contributed by atoms with Crippen molar-refractivity contribution in [2.24, 2.45) is 5.73 Å². The van der Waals surface area contributed by atoms with E-state index in [9.17, 15) is 30.8 Å². The molecule has 0 saturated carbocycles. The second-order valence-corrected chi connectivity index (χ2v) is 4.76. The summed E-state index contributed by atoms with van der Waals surface area (Å²) in [7, 11) is -2.89. The van der Waals surface area contributed by atoms with E-state index in [4.69, 9.17) is 5.73 Å². The number of halogens is 4. The van der Waals surface area contributed by atoms with Crippen molar-refractivity contribution >= 4 is 21.6 Å². The van der Waals surface area contributed by atoms with Crippen molar-refractivity contribution in [3.05, 3.63) is 35.6 Å². The number of nitrogens with one attached hydrogen (secondary N) is 1. The Labute approximate surface area is 118 Å². The van der Waals surface area contributed by atoms with Crippen LogP contribution in [-0.2, 0) is 15.1 Å². The van der Waals surface area contributed by atoms with Gasteiger partial charge in [-0.15, -0.1) is 0 Å². The second kappa shape index (κ2) is 6.68. The van der Waals surface area contributed by atoms with Gasteiger partial charge < -0.3 is 5.73 Å². The molecule has 3 N–H and O–H groups in total. The molecule has 1 aromatic rings. The zero-order valence-electron chi connectivity index (χ0n) is 10.3. The molecule has 0 spiro atoms. The molecular formula is C11H10F4N2O3S. The third kappa shape index (κ3) is 5.16. The van der Waals surface area contributed by atoms with Gasteiger partial charge in [-0.1, -0.05) is 12.1 Å². The Hall–Kier alpha value is -1.94. The number of nitrogens with two attached hydrogens (primary N) is 1. The lowest BCUT2D eigenvalue weighted by Gasteiger charge is -2.24. The highest BCUT2D eigenvalue weighted by Crippen LogP contribution is 2.32. The van der Waals surface area contributed by atoms with Gasteiger partial charge in [0.05, 0.1) is 5.37 Å². The molecule has 1 rings (SSSR count). The van der Waals surface area contributed by atoms with Crippen molar-refractivity contribution in [2.75, 3.05) is 0 Å². The van der Waals surface area contributed by atoms with Gasteiger partial charge in [-0.05, 0) is 17.7 Å². The summed E-state index contributed by atoms with van der Waals surface area (Å²) >= 11 is 0. The van der Waals surface area contributed by atoms with Gasteiger partial charge in [-0.3, -0.25) is 10.1 Å². The first-order valence-corrected chi connectivity index (χ1v) is 6.55. The number of hydrogen-bond acceptors (Lipinski definition) is 4. The van der Waals surface area contributed by atoms with E-state index in [1.54, 1.807) is 5.32 Å². The number of alkyl halides is 3. The van der Waals surface area contributed by atoms with Gasteiger partial charge >= 0.3 is 6.18 Å². The van der Waals surface area contributed by atoms with Crippen LogP contribution >= 0.6 is 0 Å². The van der Waals surface area contributed by atoms with Crippen LogP contribution in [0.1, 0.15) is 11.6 Å². The lowest BCUT2D eigenvalue weighted by Crippen LogP contribution is -2.48. The van der Waals surface area contributed by atoms with Crippen LogP contribution in [-0.4, -0.2) is 31.9 Å². The van der Waals surface area contributed by atoms with E-state index < -0.39 is 40.3 Å². The third-order valence-corrected chi connectivity index (χ3v) is 2.92. The Bertz CT molecular complexity index is 632. The number of carbonyl (C=O) groups is 1. The molecule has 5 nitrogen and oxygen atoms in total. The van der Waals surface area contributed by atoms with Gasteiger partial charge in [0, 0.05) is 0 Å². The van der Waals surface area contributed by atoms with Crippen LogP contribution in [0.25, 0.3) is 0 Å². The fourth-order valence-electron chi connectivity index (χ4n) is 1.51. The highest BCUT2D eigenvalue weighted by Gasteiger charge is 2.42. The van der Waals surface area contributed by atoms with Crippen molar-refractivity contribution < 1.29 is 30.8 Å². The van der Waals surface area contributed by atoms with Crippen LogP contribution in [0.15, 0.2) is 24.3 Å². The van der Waals surface area contributed by atoms with E-state index in [2.05, 4.69) is 0 Å². The Morgan fingerprint density at radius 1 is 1.24 bits per heavy atom. The molecular weight excluding hydrogens is 316 g/mol. The van der Waals surface area contributed by atoms with E-state index in [0.717, 1.165) is 24.3 Å². The van der Waals surface area contributed by atoms with Gasteiger partial charge in [-0.2, -0.15) is 21.6 Å². The predicted octanol–water partition coefficient (Wildman–Crippen LogP) is 0.554. The summed E-state index contributed by atoms with van der Waals surface area (Å²) in [4.78, 5) is 11.0. The molecule has 0 aromatic heterocycles. The quantitative estimate of drug-likeness (QED) is 0.611. The Morgan fingerprint density at radius 2 is 1.76 bits per heavy atom. The molecule has 0 aliphatic carbocycles. The van der Waals surface area contributed by atoms with E-state index in [1.807, 2.05) is 0 Å². The molecule has 0 aliphatic rings. The Balaban J connectivity index is 3.17. The molecule has 2 atom stereocenters. The monoisotopic (exact) mass is 326 g/mol. The van der Waals surface area contributed by atoms with E-state index >= 15 is 0 Å². The Morgan fingerprint density at radius 3 is 2.14 bits per heavy atom. The van der Waals surface area contributed by atoms with Gasteiger partial charge in [-0.25, -0.2) is 4.39 Å². The van der Waals surface area contributed by atoms with Crippen molar-refractivity contribution in [1.82, 2.24) is 5.32 Å². The summed E-state index contributed by atoms with van der Waals surface area (Å²) in [6.45, 7) is 0. The highest BCUT2D eigenvalue weighted by molar-refractivity contribution is 7.71. The van der Waals surface area contributed by atoms with Crippen molar-refractivity contribution in [2.45, 2.75) is 18.3 Å². The minimum Gasteiger partial charge on any atom is -0.368 e. The molecule has 21 heavy (non-hydrogen) atoms. The first-order chi connectivity index (χ1) is 9.61. The average Bonchev–Trinajstić information content (AvgIpc) is 2.33. The first-order valence-electron chi connectivity index (χ1n) is 5.42. The Kier molecular flexibility index (Phi) is 5.44. The molecule has 1 aromatic carbocycles. The summed E-state index contributed by atoms with van der Waals surface area (Å²) in [5.41, 5.74) is 4.46. The lowest BCUT2D eigenvalue weighted by atomic mass is 10.1. The van der Waals surface area contributed by atoms with Crippen LogP contribution in [0.2, 0.25) is 0 Å². The van der Waals surface area contributed by atoms with Crippen LogP contribution < -0.4 is 11.1 Å². The minimum atomic E-state index is -4.84.